The Bertz CT molecular complexity index is 341. The summed E-state index contributed by atoms with van der Waals surface area (Å²) in [5, 5.41) is 13.1. The zero-order valence-electron chi connectivity index (χ0n) is 12.2. The summed E-state index contributed by atoms with van der Waals surface area (Å²) in [6, 6.07) is 8.08. The summed E-state index contributed by atoms with van der Waals surface area (Å²) in [4.78, 5) is 0. The number of unbranched alkanes of at least 4 members (excludes halogenated alkanes) is 3. The van der Waals surface area contributed by atoms with Gasteiger partial charge in [-0.05, 0) is 25.0 Å². The van der Waals surface area contributed by atoms with E-state index in [9.17, 15) is 5.11 Å². The normalized spacial score (nSPS) is 12.4. The molecule has 1 atom stereocenters. The highest BCUT2D eigenvalue weighted by Crippen LogP contribution is 2.12. The van der Waals surface area contributed by atoms with Gasteiger partial charge in [-0.25, -0.2) is 0 Å². The van der Waals surface area contributed by atoms with Crippen molar-refractivity contribution in [3.05, 3.63) is 29.8 Å². The monoisotopic (exact) mass is 265 g/mol. The van der Waals surface area contributed by atoms with Gasteiger partial charge >= 0.3 is 0 Å². The van der Waals surface area contributed by atoms with Crippen LogP contribution in [-0.4, -0.2) is 31.0 Å². The minimum atomic E-state index is -0.453. The van der Waals surface area contributed by atoms with Crippen LogP contribution in [0.15, 0.2) is 24.3 Å². The van der Waals surface area contributed by atoms with Crippen LogP contribution in [0.2, 0.25) is 0 Å². The summed E-state index contributed by atoms with van der Waals surface area (Å²) in [7, 11) is 0. The van der Waals surface area contributed by atoms with Crippen molar-refractivity contribution in [2.24, 2.45) is 0 Å². The Morgan fingerprint density at radius 1 is 1.21 bits per heavy atom. The summed E-state index contributed by atoms with van der Waals surface area (Å²) < 4.78 is 5.47. The van der Waals surface area contributed by atoms with E-state index in [-0.39, 0.29) is 0 Å². The average Bonchev–Trinajstić information content (AvgIpc) is 2.42. The average molecular weight is 265 g/mol. The third kappa shape index (κ3) is 7.19. The third-order valence-corrected chi connectivity index (χ3v) is 3.13. The van der Waals surface area contributed by atoms with Crippen LogP contribution in [0, 0.1) is 6.92 Å². The highest BCUT2D eigenvalue weighted by atomic mass is 16.5. The molecule has 0 heterocycles. The Balaban J connectivity index is 2.08. The van der Waals surface area contributed by atoms with E-state index in [1.54, 1.807) is 0 Å². The molecule has 0 amide bonds. The van der Waals surface area contributed by atoms with Crippen LogP contribution in [-0.2, 0) is 4.74 Å². The van der Waals surface area contributed by atoms with E-state index in [1.807, 2.05) is 18.2 Å². The van der Waals surface area contributed by atoms with Crippen molar-refractivity contribution >= 4 is 5.69 Å². The lowest BCUT2D eigenvalue weighted by molar-refractivity contribution is 0.0416. The molecular weight excluding hydrogens is 238 g/mol. The van der Waals surface area contributed by atoms with Gasteiger partial charge in [0.25, 0.3) is 0 Å². The molecule has 0 aliphatic carbocycles. The van der Waals surface area contributed by atoms with Crippen molar-refractivity contribution < 1.29 is 9.84 Å². The first-order chi connectivity index (χ1) is 9.24. The summed E-state index contributed by atoms with van der Waals surface area (Å²) in [5.41, 5.74) is 2.26. The largest absolute Gasteiger partial charge is 0.389 e. The van der Waals surface area contributed by atoms with Crippen molar-refractivity contribution in [1.82, 2.24) is 0 Å². The minimum Gasteiger partial charge on any atom is -0.389 e. The number of hydrogen-bond acceptors (Lipinski definition) is 3. The fourth-order valence-electron chi connectivity index (χ4n) is 1.91. The predicted octanol–water partition coefficient (Wildman–Crippen LogP) is 3.36. The van der Waals surface area contributed by atoms with Gasteiger partial charge in [-0.1, -0.05) is 44.4 Å². The SMILES string of the molecule is CCCCCCOCC(O)CNc1ccccc1C. The van der Waals surface area contributed by atoms with Gasteiger partial charge in [0.2, 0.25) is 0 Å². The van der Waals surface area contributed by atoms with Gasteiger partial charge in [0.1, 0.15) is 0 Å². The van der Waals surface area contributed by atoms with E-state index >= 15 is 0 Å². The lowest BCUT2D eigenvalue weighted by atomic mass is 10.2. The van der Waals surface area contributed by atoms with Gasteiger partial charge < -0.3 is 15.2 Å². The molecule has 0 aliphatic heterocycles. The van der Waals surface area contributed by atoms with Gasteiger partial charge in [0.15, 0.2) is 0 Å². The van der Waals surface area contributed by atoms with Crippen LogP contribution >= 0.6 is 0 Å². The van der Waals surface area contributed by atoms with Gasteiger partial charge in [0, 0.05) is 18.8 Å². The highest BCUT2D eigenvalue weighted by Gasteiger charge is 2.04. The van der Waals surface area contributed by atoms with Crippen molar-refractivity contribution in [3.63, 3.8) is 0 Å². The predicted molar refractivity (Wildman–Crippen MR) is 80.6 cm³/mol. The van der Waals surface area contributed by atoms with Crippen molar-refractivity contribution in [1.29, 1.82) is 0 Å². The Labute approximate surface area is 117 Å². The quantitative estimate of drug-likeness (QED) is 0.637. The molecule has 19 heavy (non-hydrogen) atoms. The molecule has 1 rings (SSSR count). The second-order valence-corrected chi connectivity index (χ2v) is 4.99. The molecule has 2 N–H and O–H groups in total. The molecule has 3 nitrogen and oxygen atoms in total. The van der Waals surface area contributed by atoms with Crippen LogP contribution < -0.4 is 5.32 Å². The standard InChI is InChI=1S/C16H27NO2/c1-3-4-5-8-11-19-13-15(18)12-17-16-10-7-6-9-14(16)2/h6-7,9-10,15,17-18H,3-5,8,11-13H2,1-2H3. The first-order valence-electron chi connectivity index (χ1n) is 7.29. The molecule has 0 fully saturated rings. The molecule has 0 radical (unpaired) electrons. The Hall–Kier alpha value is -1.06. The van der Waals surface area contributed by atoms with Crippen molar-refractivity contribution in [2.45, 2.75) is 45.6 Å². The molecule has 0 spiro atoms. The lowest BCUT2D eigenvalue weighted by Crippen LogP contribution is -2.25. The van der Waals surface area contributed by atoms with Crippen LogP contribution in [0.3, 0.4) is 0 Å². The maximum atomic E-state index is 9.82. The van der Waals surface area contributed by atoms with E-state index in [1.165, 1.54) is 24.8 Å². The summed E-state index contributed by atoms with van der Waals surface area (Å²) in [5.74, 6) is 0. The first-order valence-corrected chi connectivity index (χ1v) is 7.29. The Kier molecular flexibility index (Phi) is 8.26. The summed E-state index contributed by atoms with van der Waals surface area (Å²) >= 11 is 0. The van der Waals surface area contributed by atoms with Gasteiger partial charge in [-0.3, -0.25) is 0 Å². The fraction of sp³-hybridized carbons (Fsp3) is 0.625. The molecule has 108 valence electrons. The number of hydrogen-bond donors (Lipinski definition) is 2. The number of aryl methyl sites for hydroxylation is 1. The molecule has 1 unspecified atom stereocenters. The number of aliphatic hydroxyl groups excluding tert-OH is 1. The second-order valence-electron chi connectivity index (χ2n) is 4.99. The molecule has 0 saturated carbocycles. The summed E-state index contributed by atoms with van der Waals surface area (Å²) in [6.45, 7) is 5.94. The number of anilines is 1. The number of para-hydroxylation sites is 1. The number of benzene rings is 1. The molecule has 0 bridgehead atoms. The first kappa shape index (κ1) is 16.0. The Morgan fingerprint density at radius 2 is 2.00 bits per heavy atom. The van der Waals surface area contributed by atoms with Crippen LogP contribution in [0.4, 0.5) is 5.69 Å². The Morgan fingerprint density at radius 3 is 2.74 bits per heavy atom. The summed E-state index contributed by atoms with van der Waals surface area (Å²) in [6.07, 6.45) is 4.36. The van der Waals surface area contributed by atoms with Crippen LogP contribution in [0.1, 0.15) is 38.2 Å². The molecular formula is C16H27NO2. The second kappa shape index (κ2) is 9.82. The van der Waals surface area contributed by atoms with E-state index in [2.05, 4.69) is 25.2 Å². The van der Waals surface area contributed by atoms with Crippen molar-refractivity contribution in [3.8, 4) is 0 Å². The number of ether oxygens (including phenoxy) is 1. The van der Waals surface area contributed by atoms with Gasteiger partial charge in [0.05, 0.1) is 12.7 Å². The molecule has 0 aliphatic rings. The van der Waals surface area contributed by atoms with Crippen LogP contribution in [0.25, 0.3) is 0 Å². The molecule has 0 aromatic heterocycles. The smallest absolute Gasteiger partial charge is 0.0945 e. The maximum absolute atomic E-state index is 9.82. The van der Waals surface area contributed by atoms with E-state index in [0.717, 1.165) is 18.7 Å². The van der Waals surface area contributed by atoms with Gasteiger partial charge in [-0.15, -0.1) is 0 Å². The van der Waals surface area contributed by atoms with Crippen LogP contribution in [0.5, 0.6) is 0 Å². The van der Waals surface area contributed by atoms with E-state index in [0.29, 0.717) is 13.2 Å². The van der Waals surface area contributed by atoms with Crippen molar-refractivity contribution in [2.75, 3.05) is 25.1 Å². The maximum Gasteiger partial charge on any atom is 0.0945 e. The molecule has 3 heteroatoms. The number of nitrogens with one attached hydrogen (secondary N) is 1. The zero-order valence-corrected chi connectivity index (χ0v) is 12.2. The molecule has 0 saturated heterocycles. The molecule has 1 aromatic rings. The lowest BCUT2D eigenvalue weighted by Gasteiger charge is -2.14. The third-order valence-electron chi connectivity index (χ3n) is 3.13. The fourth-order valence-corrected chi connectivity index (χ4v) is 1.91. The highest BCUT2D eigenvalue weighted by molar-refractivity contribution is 5.50. The number of rotatable bonds is 10. The number of aliphatic hydroxyl groups is 1. The molecule has 1 aromatic carbocycles. The van der Waals surface area contributed by atoms with Gasteiger partial charge in [-0.2, -0.15) is 0 Å². The topological polar surface area (TPSA) is 41.5 Å². The zero-order chi connectivity index (χ0) is 13.9. The van der Waals surface area contributed by atoms with E-state index < -0.39 is 6.10 Å². The van der Waals surface area contributed by atoms with E-state index in [4.69, 9.17) is 4.74 Å². The minimum absolute atomic E-state index is 0.408.